The van der Waals surface area contributed by atoms with Gasteiger partial charge >= 0.3 is 23.5 Å². The van der Waals surface area contributed by atoms with Crippen molar-refractivity contribution in [1.82, 2.24) is 4.98 Å². The van der Waals surface area contributed by atoms with Crippen LogP contribution in [0.15, 0.2) is 42.5 Å². The van der Waals surface area contributed by atoms with E-state index in [1.54, 1.807) is 12.1 Å². The van der Waals surface area contributed by atoms with Crippen molar-refractivity contribution in [3.8, 4) is 0 Å². The predicted molar refractivity (Wildman–Crippen MR) is 125 cm³/mol. The van der Waals surface area contributed by atoms with Gasteiger partial charge in [-0.1, -0.05) is 23.2 Å². The smallest absolute Gasteiger partial charge is 0.367 e. The Bertz CT molecular complexity index is 1250. The first kappa shape index (κ1) is 25.3. The number of aromatic nitrogens is 1. The average Bonchev–Trinajstić information content (AvgIpc) is 3.16. The summed E-state index contributed by atoms with van der Waals surface area (Å²) in [6.07, 6.45) is 0. The lowest BCUT2D eigenvalue weighted by molar-refractivity contribution is -0.197. The maximum Gasteiger partial charge on any atom is 0.367 e. The van der Waals surface area contributed by atoms with Gasteiger partial charge < -0.3 is 19.2 Å². The highest BCUT2D eigenvalue weighted by Gasteiger charge is 2.58. The number of fused-ring (bicyclic) bond motifs is 1. The number of benzene rings is 2. The van der Waals surface area contributed by atoms with E-state index in [0.29, 0.717) is 10.5 Å². The Morgan fingerprint density at radius 1 is 0.882 bits per heavy atom. The molecule has 0 bridgehead atoms. The van der Waals surface area contributed by atoms with Crippen LogP contribution in [0.1, 0.15) is 42.4 Å². The molecule has 178 valence electrons. The van der Waals surface area contributed by atoms with Crippen LogP contribution >= 0.6 is 23.2 Å². The van der Waals surface area contributed by atoms with E-state index >= 15 is 0 Å². The fourth-order valence-corrected chi connectivity index (χ4v) is 3.85. The van der Waals surface area contributed by atoms with Gasteiger partial charge in [-0.2, -0.15) is 0 Å². The summed E-state index contributed by atoms with van der Waals surface area (Å²) in [4.78, 5) is 55.3. The molecule has 0 unspecified atom stereocenters. The molecule has 10 heteroatoms. The monoisotopic (exact) mass is 505 g/mol. The number of ether oxygens (including phenoxy) is 3. The summed E-state index contributed by atoms with van der Waals surface area (Å²) >= 11 is 12.1. The van der Waals surface area contributed by atoms with Crippen LogP contribution in [0, 0.1) is 0 Å². The van der Waals surface area contributed by atoms with E-state index in [9.17, 15) is 19.2 Å². The number of ketones is 1. The first-order chi connectivity index (χ1) is 16.1. The van der Waals surface area contributed by atoms with Gasteiger partial charge in [0, 0.05) is 33.4 Å². The second-order valence-corrected chi connectivity index (χ2v) is 7.99. The number of rotatable bonds is 8. The lowest BCUT2D eigenvalue weighted by Crippen LogP contribution is -2.50. The Morgan fingerprint density at radius 3 is 1.97 bits per heavy atom. The van der Waals surface area contributed by atoms with Crippen molar-refractivity contribution in [3.05, 3.63) is 69.3 Å². The standard InChI is InChI=1S/C24H21Cl2NO7/c1-4-32-22(30)24(34-13(3)28,23(31)33-5-2)19-17-12-16(26)10-11-18(17)27-20(19)21(29)14-6-8-15(25)9-7-14/h6-12,27H,4-5H2,1-3H3. The molecule has 2 aromatic carbocycles. The molecule has 0 saturated heterocycles. The van der Waals surface area contributed by atoms with Gasteiger partial charge in [-0.3, -0.25) is 9.59 Å². The molecule has 1 N–H and O–H groups in total. The number of carbonyl (C=O) groups excluding carboxylic acids is 4. The van der Waals surface area contributed by atoms with E-state index < -0.39 is 29.3 Å². The molecule has 3 aromatic rings. The maximum atomic E-state index is 13.6. The Kier molecular flexibility index (Phi) is 7.64. The maximum absolute atomic E-state index is 13.6. The molecule has 0 aliphatic heterocycles. The third kappa shape index (κ3) is 4.64. The molecule has 8 nitrogen and oxygen atoms in total. The van der Waals surface area contributed by atoms with Gasteiger partial charge in [0.05, 0.1) is 24.5 Å². The molecule has 34 heavy (non-hydrogen) atoms. The van der Waals surface area contributed by atoms with Crippen molar-refractivity contribution in [2.75, 3.05) is 13.2 Å². The van der Waals surface area contributed by atoms with E-state index in [-0.39, 0.29) is 40.4 Å². The van der Waals surface area contributed by atoms with Crippen LogP contribution in [0.4, 0.5) is 0 Å². The summed E-state index contributed by atoms with van der Waals surface area (Å²) in [6.45, 7) is 3.80. The van der Waals surface area contributed by atoms with Gasteiger partial charge in [-0.05, 0) is 56.3 Å². The minimum Gasteiger partial charge on any atom is -0.462 e. The van der Waals surface area contributed by atoms with Crippen LogP contribution in [-0.4, -0.2) is 41.9 Å². The third-order valence-corrected chi connectivity index (χ3v) is 5.36. The number of nitrogens with one attached hydrogen (secondary N) is 1. The number of carbonyl (C=O) groups is 4. The van der Waals surface area contributed by atoms with Crippen LogP contribution in [0.5, 0.6) is 0 Å². The zero-order valence-electron chi connectivity index (χ0n) is 18.6. The highest BCUT2D eigenvalue weighted by atomic mass is 35.5. The van der Waals surface area contributed by atoms with Gasteiger partial charge in [0.2, 0.25) is 5.78 Å². The zero-order chi connectivity index (χ0) is 25.0. The summed E-state index contributed by atoms with van der Waals surface area (Å²) in [5.74, 6) is -3.99. The summed E-state index contributed by atoms with van der Waals surface area (Å²) in [7, 11) is 0. The van der Waals surface area contributed by atoms with Crippen LogP contribution in [-0.2, 0) is 34.2 Å². The molecule has 1 aromatic heterocycles. The van der Waals surface area contributed by atoms with Gasteiger partial charge in [-0.15, -0.1) is 0 Å². The lowest BCUT2D eigenvalue weighted by Gasteiger charge is -2.29. The molecule has 0 atom stereocenters. The second kappa shape index (κ2) is 10.3. The van der Waals surface area contributed by atoms with E-state index in [1.807, 2.05) is 0 Å². The van der Waals surface area contributed by atoms with Crippen LogP contribution in [0.25, 0.3) is 10.9 Å². The van der Waals surface area contributed by atoms with Crippen molar-refractivity contribution in [3.63, 3.8) is 0 Å². The molecule has 0 radical (unpaired) electrons. The molecule has 0 fully saturated rings. The average molecular weight is 506 g/mol. The van der Waals surface area contributed by atoms with Gasteiger partial charge in [0.25, 0.3) is 0 Å². The van der Waals surface area contributed by atoms with Crippen LogP contribution in [0.3, 0.4) is 0 Å². The summed E-state index contributed by atoms with van der Waals surface area (Å²) < 4.78 is 15.7. The largest absolute Gasteiger partial charge is 0.462 e. The first-order valence-corrected chi connectivity index (χ1v) is 11.1. The Morgan fingerprint density at radius 2 is 1.44 bits per heavy atom. The Balaban J connectivity index is 2.44. The summed E-state index contributed by atoms with van der Waals surface area (Å²) in [6, 6.07) is 10.6. The number of aromatic amines is 1. The quantitative estimate of drug-likeness (QED) is 0.206. The molecule has 3 rings (SSSR count). The summed E-state index contributed by atoms with van der Waals surface area (Å²) in [5.41, 5.74) is -2.58. The van der Waals surface area contributed by atoms with E-state index in [0.717, 1.165) is 6.92 Å². The van der Waals surface area contributed by atoms with Gasteiger partial charge in [-0.25, -0.2) is 9.59 Å². The normalized spacial score (nSPS) is 11.2. The third-order valence-electron chi connectivity index (χ3n) is 4.87. The molecular formula is C24H21Cl2NO7. The van der Waals surface area contributed by atoms with Gasteiger partial charge in [0.1, 0.15) is 0 Å². The van der Waals surface area contributed by atoms with Crippen molar-refractivity contribution in [2.45, 2.75) is 26.4 Å². The minimum absolute atomic E-state index is 0.134. The second-order valence-electron chi connectivity index (χ2n) is 7.12. The number of H-pyrrole nitrogens is 1. The Labute approximate surface area is 205 Å². The number of hydrogen-bond acceptors (Lipinski definition) is 7. The minimum atomic E-state index is -2.72. The van der Waals surface area contributed by atoms with E-state index in [2.05, 4.69) is 4.98 Å². The number of halogens is 2. The SMILES string of the molecule is CCOC(=O)C(OC(C)=O)(C(=O)OCC)c1c(C(=O)c2ccc(Cl)cc2)[nH]c2ccc(Cl)cc12. The van der Waals surface area contributed by atoms with Crippen molar-refractivity contribution in [2.24, 2.45) is 0 Å². The van der Waals surface area contributed by atoms with E-state index in [1.165, 1.54) is 44.2 Å². The highest BCUT2D eigenvalue weighted by molar-refractivity contribution is 6.32. The van der Waals surface area contributed by atoms with Crippen molar-refractivity contribution >= 4 is 57.8 Å². The van der Waals surface area contributed by atoms with Crippen molar-refractivity contribution < 1.29 is 33.4 Å². The lowest BCUT2D eigenvalue weighted by atomic mass is 9.88. The van der Waals surface area contributed by atoms with E-state index in [4.69, 9.17) is 37.4 Å². The molecule has 0 amide bonds. The topological polar surface area (TPSA) is 112 Å². The van der Waals surface area contributed by atoms with Crippen LogP contribution < -0.4 is 0 Å². The summed E-state index contributed by atoms with van der Waals surface area (Å²) in [5, 5.41) is 0.863. The number of hydrogen-bond donors (Lipinski definition) is 1. The molecule has 0 saturated carbocycles. The van der Waals surface area contributed by atoms with Gasteiger partial charge in [0.15, 0.2) is 0 Å². The number of esters is 3. The zero-order valence-corrected chi connectivity index (χ0v) is 20.1. The predicted octanol–water partition coefficient (Wildman–Crippen LogP) is 4.59. The molecule has 0 aliphatic rings. The molecule has 0 spiro atoms. The molecule has 1 heterocycles. The fraction of sp³-hybridized carbons (Fsp3) is 0.250. The Hall–Kier alpha value is -3.36. The first-order valence-electron chi connectivity index (χ1n) is 10.3. The molecule has 0 aliphatic carbocycles. The van der Waals surface area contributed by atoms with Crippen molar-refractivity contribution in [1.29, 1.82) is 0 Å². The highest BCUT2D eigenvalue weighted by Crippen LogP contribution is 2.40. The van der Waals surface area contributed by atoms with Crippen LogP contribution in [0.2, 0.25) is 10.0 Å². The molecular weight excluding hydrogens is 485 g/mol. The fourth-order valence-electron chi connectivity index (χ4n) is 3.55.